The van der Waals surface area contributed by atoms with Crippen LogP contribution in [0.15, 0.2) is 74.7 Å². The van der Waals surface area contributed by atoms with Crippen molar-refractivity contribution in [1.29, 1.82) is 5.26 Å². The number of hydrogen-bond acceptors (Lipinski definition) is 5. The van der Waals surface area contributed by atoms with E-state index in [0.717, 1.165) is 22.6 Å². The number of nitrogens with one attached hydrogen (secondary N) is 1. The molecule has 4 aromatic rings. The van der Waals surface area contributed by atoms with E-state index in [2.05, 4.69) is 77.7 Å². The number of fused-ring (bicyclic) bond motifs is 1. The van der Waals surface area contributed by atoms with Crippen molar-refractivity contribution >= 4 is 84.2 Å². The predicted octanol–water partition coefficient (Wildman–Crippen LogP) is 6.62. The second-order valence-electron chi connectivity index (χ2n) is 6.86. The zero-order valence-electron chi connectivity index (χ0n) is 16.8. The lowest BCUT2D eigenvalue weighted by molar-refractivity contribution is 0.0929. The van der Waals surface area contributed by atoms with E-state index in [1.54, 1.807) is 18.2 Å². The van der Waals surface area contributed by atoms with E-state index in [4.69, 9.17) is 9.15 Å². The average molecular weight is 726 g/mol. The minimum atomic E-state index is -0.454. The molecular weight excluding hydrogens is 712 g/mol. The Morgan fingerprint density at radius 2 is 2.00 bits per heavy atom. The first-order chi connectivity index (χ1) is 15.9. The van der Waals surface area contributed by atoms with Crippen LogP contribution in [-0.4, -0.2) is 12.1 Å². The smallest absolute Gasteiger partial charge is 0.307 e. The largest absolute Gasteiger partial charge is 0.487 e. The number of nitriles is 1. The van der Waals surface area contributed by atoms with Gasteiger partial charge in [-0.25, -0.2) is 5.43 Å². The quantitative estimate of drug-likeness (QED) is 0.138. The van der Waals surface area contributed by atoms with Crippen LogP contribution in [0.4, 0.5) is 0 Å². The van der Waals surface area contributed by atoms with Gasteiger partial charge in [0.2, 0.25) is 0 Å². The van der Waals surface area contributed by atoms with Gasteiger partial charge in [-0.2, -0.15) is 10.4 Å². The maximum absolute atomic E-state index is 12.5. The van der Waals surface area contributed by atoms with E-state index in [1.807, 2.05) is 42.5 Å². The molecule has 0 radical (unpaired) electrons. The van der Waals surface area contributed by atoms with Crippen molar-refractivity contribution in [3.05, 3.63) is 94.7 Å². The Labute approximate surface area is 225 Å². The van der Waals surface area contributed by atoms with E-state index in [9.17, 15) is 10.1 Å². The maximum atomic E-state index is 12.5. The fourth-order valence-corrected chi connectivity index (χ4v) is 5.50. The Bertz CT molecular complexity index is 1430. The number of carbonyl (C=O) groups excluding carboxylic acids is 1. The molecular formula is C24H14BrI2N3O3. The minimum Gasteiger partial charge on any atom is -0.487 e. The van der Waals surface area contributed by atoms with E-state index in [-0.39, 0.29) is 12.4 Å². The van der Waals surface area contributed by atoms with Gasteiger partial charge >= 0.3 is 5.91 Å². The van der Waals surface area contributed by atoms with Crippen LogP contribution in [-0.2, 0) is 6.61 Å². The number of amides is 1. The van der Waals surface area contributed by atoms with Gasteiger partial charge in [0.05, 0.1) is 21.4 Å². The second-order valence-corrected chi connectivity index (χ2v) is 10.2. The molecule has 164 valence electrons. The van der Waals surface area contributed by atoms with Gasteiger partial charge < -0.3 is 9.15 Å². The van der Waals surface area contributed by atoms with Crippen molar-refractivity contribution in [1.82, 2.24) is 5.43 Å². The van der Waals surface area contributed by atoms with Crippen molar-refractivity contribution in [2.45, 2.75) is 6.61 Å². The molecule has 0 aliphatic carbocycles. The van der Waals surface area contributed by atoms with Gasteiger partial charge in [0.15, 0.2) is 5.76 Å². The summed E-state index contributed by atoms with van der Waals surface area (Å²) in [6.07, 6.45) is 1.53. The van der Waals surface area contributed by atoms with E-state index in [1.165, 1.54) is 6.21 Å². The minimum absolute atomic E-state index is 0.169. The number of rotatable bonds is 6. The van der Waals surface area contributed by atoms with Gasteiger partial charge in [0, 0.05) is 24.6 Å². The van der Waals surface area contributed by atoms with Crippen LogP contribution >= 0.6 is 61.1 Å². The van der Waals surface area contributed by atoms with E-state index in [0.29, 0.717) is 22.5 Å². The normalized spacial score (nSPS) is 11.0. The first-order valence-corrected chi connectivity index (χ1v) is 12.5. The lowest BCUT2D eigenvalue weighted by atomic mass is 10.1. The van der Waals surface area contributed by atoms with Crippen LogP contribution in [0.2, 0.25) is 0 Å². The van der Waals surface area contributed by atoms with Gasteiger partial charge in [-0.3, -0.25) is 4.79 Å². The molecule has 0 aliphatic rings. The molecule has 33 heavy (non-hydrogen) atoms. The topological polar surface area (TPSA) is 87.6 Å². The summed E-state index contributed by atoms with van der Waals surface area (Å²) in [6, 6.07) is 20.5. The standard InChI is InChI=1S/C24H14BrI2N3O3/c25-18-5-6-21-16(7-18)9-22(33-21)24(31)30-29-12-17-8-19(26)10-20(27)23(17)32-13-15-4-2-1-3-14(15)11-28/h1-10,12H,13H2,(H,30,31)/b29-12+. The summed E-state index contributed by atoms with van der Waals surface area (Å²) in [4.78, 5) is 12.5. The zero-order valence-corrected chi connectivity index (χ0v) is 22.7. The molecule has 0 spiro atoms. The molecule has 3 aromatic carbocycles. The van der Waals surface area contributed by atoms with Crippen molar-refractivity contribution in [3.63, 3.8) is 0 Å². The van der Waals surface area contributed by atoms with E-state index < -0.39 is 5.91 Å². The van der Waals surface area contributed by atoms with Crippen LogP contribution in [0.3, 0.4) is 0 Å². The first-order valence-electron chi connectivity index (χ1n) is 9.57. The molecule has 1 N–H and O–H groups in total. The summed E-state index contributed by atoms with van der Waals surface area (Å²) >= 11 is 7.81. The molecule has 1 aromatic heterocycles. The molecule has 0 saturated carbocycles. The first kappa shape index (κ1) is 23.7. The highest BCUT2D eigenvalue weighted by Crippen LogP contribution is 2.29. The highest BCUT2D eigenvalue weighted by Gasteiger charge is 2.13. The molecule has 0 saturated heterocycles. The third kappa shape index (κ3) is 5.74. The van der Waals surface area contributed by atoms with Gasteiger partial charge in [-0.15, -0.1) is 0 Å². The fraction of sp³-hybridized carbons (Fsp3) is 0.0417. The summed E-state index contributed by atoms with van der Waals surface area (Å²) in [6.45, 7) is 0.238. The summed E-state index contributed by atoms with van der Waals surface area (Å²) in [5.74, 6) is 0.335. The van der Waals surface area contributed by atoms with Crippen LogP contribution in [0, 0.1) is 18.5 Å². The summed E-state index contributed by atoms with van der Waals surface area (Å²) in [7, 11) is 0. The summed E-state index contributed by atoms with van der Waals surface area (Å²) < 4.78 is 14.4. The maximum Gasteiger partial charge on any atom is 0.307 e. The van der Waals surface area contributed by atoms with Crippen LogP contribution in [0.1, 0.15) is 27.2 Å². The van der Waals surface area contributed by atoms with Crippen molar-refractivity contribution < 1.29 is 13.9 Å². The third-order valence-electron chi connectivity index (χ3n) is 4.62. The van der Waals surface area contributed by atoms with Gasteiger partial charge in [-0.1, -0.05) is 34.1 Å². The van der Waals surface area contributed by atoms with Crippen molar-refractivity contribution in [2.24, 2.45) is 5.10 Å². The molecule has 0 unspecified atom stereocenters. The zero-order chi connectivity index (χ0) is 23.4. The van der Waals surface area contributed by atoms with Crippen LogP contribution in [0.5, 0.6) is 5.75 Å². The number of carbonyl (C=O) groups is 1. The summed E-state index contributed by atoms with van der Waals surface area (Å²) in [5.41, 5.74) is 5.19. The number of halogens is 3. The van der Waals surface area contributed by atoms with Crippen LogP contribution < -0.4 is 10.2 Å². The van der Waals surface area contributed by atoms with Crippen LogP contribution in [0.25, 0.3) is 11.0 Å². The van der Waals surface area contributed by atoms with Gasteiger partial charge in [0.1, 0.15) is 17.9 Å². The Balaban J connectivity index is 1.52. The van der Waals surface area contributed by atoms with E-state index >= 15 is 0 Å². The number of ether oxygens (including phenoxy) is 1. The Morgan fingerprint density at radius 1 is 1.18 bits per heavy atom. The lowest BCUT2D eigenvalue weighted by Gasteiger charge is -2.13. The van der Waals surface area contributed by atoms with Crippen molar-refractivity contribution in [3.8, 4) is 11.8 Å². The van der Waals surface area contributed by atoms with Gasteiger partial charge in [-0.05, 0) is 87.6 Å². The number of hydrazone groups is 1. The molecule has 0 atom stereocenters. The second kappa shape index (κ2) is 10.7. The molecule has 0 fully saturated rings. The number of hydrogen-bond donors (Lipinski definition) is 1. The summed E-state index contributed by atoms with van der Waals surface area (Å²) in [5, 5.41) is 14.2. The lowest BCUT2D eigenvalue weighted by Crippen LogP contribution is -2.16. The third-order valence-corrected chi connectivity index (χ3v) is 6.54. The van der Waals surface area contributed by atoms with Gasteiger partial charge in [0.25, 0.3) is 0 Å². The molecule has 9 heteroatoms. The number of benzene rings is 3. The molecule has 1 amide bonds. The number of nitrogens with zero attached hydrogens (tertiary/aromatic N) is 2. The number of furan rings is 1. The fourth-order valence-electron chi connectivity index (χ4n) is 3.08. The average Bonchev–Trinajstić information content (AvgIpc) is 3.22. The SMILES string of the molecule is N#Cc1ccccc1COc1c(I)cc(I)cc1/C=N/NC(=O)c1cc2cc(Br)ccc2o1. The Morgan fingerprint density at radius 3 is 2.82 bits per heavy atom. The highest BCUT2D eigenvalue weighted by molar-refractivity contribution is 14.1. The highest BCUT2D eigenvalue weighted by atomic mass is 127. The predicted molar refractivity (Wildman–Crippen MR) is 146 cm³/mol. The molecule has 0 bridgehead atoms. The Kier molecular flexibility index (Phi) is 7.67. The van der Waals surface area contributed by atoms with Crippen molar-refractivity contribution in [2.75, 3.05) is 0 Å². The Hall–Kier alpha value is -2.43. The molecule has 6 nitrogen and oxygen atoms in total. The molecule has 0 aliphatic heterocycles. The molecule has 4 rings (SSSR count). The monoisotopic (exact) mass is 725 g/mol. The molecule has 1 heterocycles.